The molecule has 0 saturated carbocycles. The maximum Gasteiger partial charge on any atom is 0.0377 e. The van der Waals surface area contributed by atoms with Gasteiger partial charge in [0.15, 0.2) is 0 Å². The summed E-state index contributed by atoms with van der Waals surface area (Å²) in [5.74, 6) is 0.552. The normalized spacial score (nSPS) is 13.1. The van der Waals surface area contributed by atoms with Crippen LogP contribution in [0.3, 0.4) is 0 Å². The van der Waals surface area contributed by atoms with E-state index in [0.717, 1.165) is 30.5 Å². The third-order valence-corrected chi connectivity index (χ3v) is 2.78. The number of anilines is 1. The molecule has 15 heavy (non-hydrogen) atoms. The number of nitrogens with two attached hydrogens (primary N) is 2. The van der Waals surface area contributed by atoms with E-state index in [4.69, 9.17) is 11.5 Å². The molecule has 0 spiro atoms. The second-order valence-corrected chi connectivity index (χ2v) is 4.37. The largest absolute Gasteiger partial charge is 0.398 e. The Bertz CT molecular complexity index is 297. The molecule has 1 atom stereocenters. The van der Waals surface area contributed by atoms with Gasteiger partial charge in [-0.25, -0.2) is 0 Å². The van der Waals surface area contributed by atoms with Crippen molar-refractivity contribution in [2.75, 3.05) is 5.73 Å². The Morgan fingerprint density at radius 2 is 2.13 bits per heavy atom. The molecular weight excluding hydrogens is 186 g/mol. The van der Waals surface area contributed by atoms with E-state index < -0.39 is 0 Å². The molecule has 4 N–H and O–H groups in total. The maximum atomic E-state index is 5.97. The lowest BCUT2D eigenvalue weighted by molar-refractivity contribution is 0.452. The lowest BCUT2D eigenvalue weighted by Gasteiger charge is -2.15. The van der Waals surface area contributed by atoms with Crippen molar-refractivity contribution in [3.05, 3.63) is 24.0 Å². The van der Waals surface area contributed by atoms with Gasteiger partial charge < -0.3 is 11.5 Å². The van der Waals surface area contributed by atoms with E-state index in [0.29, 0.717) is 12.0 Å². The van der Waals surface area contributed by atoms with Crippen molar-refractivity contribution < 1.29 is 0 Å². The zero-order valence-electron chi connectivity index (χ0n) is 9.61. The molecule has 84 valence electrons. The van der Waals surface area contributed by atoms with Gasteiger partial charge in [0.25, 0.3) is 0 Å². The van der Waals surface area contributed by atoms with Gasteiger partial charge in [0, 0.05) is 24.1 Å². The van der Waals surface area contributed by atoms with Crippen LogP contribution in [-0.2, 0) is 6.42 Å². The van der Waals surface area contributed by atoms with E-state index in [1.165, 1.54) is 0 Å². The minimum atomic E-state index is 0.294. The Labute approximate surface area is 91.9 Å². The van der Waals surface area contributed by atoms with E-state index in [9.17, 15) is 0 Å². The Morgan fingerprint density at radius 3 is 2.73 bits per heavy atom. The fourth-order valence-electron chi connectivity index (χ4n) is 1.51. The van der Waals surface area contributed by atoms with Crippen molar-refractivity contribution in [3.63, 3.8) is 0 Å². The molecule has 0 radical (unpaired) electrons. The van der Waals surface area contributed by atoms with Crippen molar-refractivity contribution >= 4 is 5.69 Å². The number of pyridine rings is 1. The smallest absolute Gasteiger partial charge is 0.0377 e. The Hall–Kier alpha value is -1.09. The van der Waals surface area contributed by atoms with Gasteiger partial charge in [-0.1, -0.05) is 13.8 Å². The topological polar surface area (TPSA) is 64.9 Å². The van der Waals surface area contributed by atoms with Crippen LogP contribution in [0.1, 0.15) is 32.3 Å². The highest BCUT2D eigenvalue weighted by Crippen LogP contribution is 2.14. The van der Waals surface area contributed by atoms with Gasteiger partial charge in [-0.2, -0.15) is 0 Å². The van der Waals surface area contributed by atoms with Crippen LogP contribution in [0.25, 0.3) is 0 Å². The minimum Gasteiger partial charge on any atom is -0.398 e. The van der Waals surface area contributed by atoms with Crippen LogP contribution in [0.5, 0.6) is 0 Å². The van der Waals surface area contributed by atoms with E-state index >= 15 is 0 Å². The van der Waals surface area contributed by atoms with Gasteiger partial charge in [0.05, 0.1) is 0 Å². The highest BCUT2D eigenvalue weighted by molar-refractivity contribution is 5.44. The van der Waals surface area contributed by atoms with Gasteiger partial charge in [0.1, 0.15) is 0 Å². The molecular formula is C12H21N3. The van der Waals surface area contributed by atoms with Gasteiger partial charge in [0.2, 0.25) is 0 Å². The summed E-state index contributed by atoms with van der Waals surface area (Å²) in [5, 5.41) is 0. The average Bonchev–Trinajstić information content (AvgIpc) is 2.20. The summed E-state index contributed by atoms with van der Waals surface area (Å²) in [7, 11) is 0. The van der Waals surface area contributed by atoms with Crippen molar-refractivity contribution in [3.8, 4) is 0 Å². The highest BCUT2D eigenvalue weighted by Gasteiger charge is 2.07. The van der Waals surface area contributed by atoms with E-state index in [2.05, 4.69) is 18.8 Å². The first-order valence-corrected chi connectivity index (χ1v) is 5.55. The van der Waals surface area contributed by atoms with Crippen LogP contribution < -0.4 is 11.5 Å². The van der Waals surface area contributed by atoms with Gasteiger partial charge in [-0.3, -0.25) is 4.98 Å². The summed E-state index contributed by atoms with van der Waals surface area (Å²) in [6.07, 6.45) is 6.66. The summed E-state index contributed by atoms with van der Waals surface area (Å²) in [6, 6.07) is 2.14. The van der Waals surface area contributed by atoms with Crippen molar-refractivity contribution in [1.29, 1.82) is 0 Å². The molecule has 0 bridgehead atoms. The molecule has 1 aromatic rings. The average molecular weight is 207 g/mol. The molecule has 1 rings (SSSR count). The summed E-state index contributed by atoms with van der Waals surface area (Å²) in [5.41, 5.74) is 13.8. The van der Waals surface area contributed by atoms with Crippen LogP contribution in [0.2, 0.25) is 0 Å². The molecule has 0 fully saturated rings. The third kappa shape index (κ3) is 3.88. The molecule has 0 saturated heterocycles. The zero-order chi connectivity index (χ0) is 11.3. The van der Waals surface area contributed by atoms with E-state index in [1.54, 1.807) is 6.20 Å². The molecule has 1 aromatic heterocycles. The first-order chi connectivity index (χ1) is 7.11. The number of hydrogen-bond donors (Lipinski definition) is 2. The third-order valence-electron chi connectivity index (χ3n) is 2.78. The summed E-state index contributed by atoms with van der Waals surface area (Å²) >= 11 is 0. The SMILES string of the molecule is CC(C)C(N)CCCc1cnccc1N. The number of aromatic nitrogens is 1. The number of rotatable bonds is 5. The van der Waals surface area contributed by atoms with Crippen molar-refractivity contribution in [2.45, 2.75) is 39.2 Å². The van der Waals surface area contributed by atoms with Gasteiger partial charge in [-0.05, 0) is 36.8 Å². The first-order valence-electron chi connectivity index (χ1n) is 5.55. The standard InChI is InChI=1S/C12H21N3/c1-9(2)11(13)5-3-4-10-8-15-7-6-12(10)14/h6-9,11H,3-5,13H2,1-2H3,(H2,14,15). The van der Waals surface area contributed by atoms with E-state index in [-0.39, 0.29) is 0 Å². The van der Waals surface area contributed by atoms with Crippen molar-refractivity contribution in [2.24, 2.45) is 11.7 Å². The zero-order valence-corrected chi connectivity index (χ0v) is 9.61. The Balaban J connectivity index is 2.35. The predicted molar refractivity (Wildman–Crippen MR) is 64.4 cm³/mol. The Morgan fingerprint density at radius 1 is 1.40 bits per heavy atom. The molecule has 0 aliphatic rings. The fourth-order valence-corrected chi connectivity index (χ4v) is 1.51. The second kappa shape index (κ2) is 5.71. The molecule has 1 unspecified atom stereocenters. The van der Waals surface area contributed by atoms with E-state index in [1.807, 2.05) is 12.3 Å². The Kier molecular flexibility index (Phi) is 4.56. The molecule has 0 amide bonds. The number of aryl methyl sites for hydroxylation is 1. The van der Waals surface area contributed by atoms with Crippen molar-refractivity contribution in [1.82, 2.24) is 4.98 Å². The molecule has 3 nitrogen and oxygen atoms in total. The lowest BCUT2D eigenvalue weighted by atomic mass is 9.98. The predicted octanol–water partition coefficient (Wildman–Crippen LogP) is 1.97. The van der Waals surface area contributed by atoms with Crippen LogP contribution in [0.15, 0.2) is 18.5 Å². The quantitative estimate of drug-likeness (QED) is 0.775. The molecule has 0 aliphatic heterocycles. The summed E-state index contributed by atoms with van der Waals surface area (Å²) in [6.45, 7) is 4.31. The van der Waals surface area contributed by atoms with Gasteiger partial charge >= 0.3 is 0 Å². The molecule has 0 aliphatic carbocycles. The second-order valence-electron chi connectivity index (χ2n) is 4.37. The van der Waals surface area contributed by atoms with Crippen LogP contribution in [0, 0.1) is 5.92 Å². The monoisotopic (exact) mass is 207 g/mol. The maximum absolute atomic E-state index is 5.97. The molecule has 3 heteroatoms. The number of nitrogen functional groups attached to an aromatic ring is 1. The minimum absolute atomic E-state index is 0.294. The molecule has 1 heterocycles. The van der Waals surface area contributed by atoms with Crippen LogP contribution in [0.4, 0.5) is 5.69 Å². The van der Waals surface area contributed by atoms with Gasteiger partial charge in [-0.15, -0.1) is 0 Å². The summed E-state index contributed by atoms with van der Waals surface area (Å²) < 4.78 is 0. The number of nitrogens with zero attached hydrogens (tertiary/aromatic N) is 1. The number of hydrogen-bond acceptors (Lipinski definition) is 3. The highest BCUT2D eigenvalue weighted by atomic mass is 14.7. The molecule has 0 aromatic carbocycles. The van der Waals surface area contributed by atoms with Crippen LogP contribution in [-0.4, -0.2) is 11.0 Å². The lowest BCUT2D eigenvalue weighted by Crippen LogP contribution is -2.26. The summed E-state index contributed by atoms with van der Waals surface area (Å²) in [4.78, 5) is 4.07. The first kappa shape index (κ1) is 12.0. The van der Waals surface area contributed by atoms with Crippen LogP contribution >= 0.6 is 0 Å². The fraction of sp³-hybridized carbons (Fsp3) is 0.583.